The van der Waals surface area contributed by atoms with Crippen LogP contribution in [0.2, 0.25) is 0 Å². The molecule has 3 rings (SSSR count). The van der Waals surface area contributed by atoms with Crippen molar-refractivity contribution in [1.82, 2.24) is 13.9 Å². The largest absolute Gasteiger partial charge is 0.379 e. The van der Waals surface area contributed by atoms with E-state index in [4.69, 9.17) is 4.74 Å². The Balaban J connectivity index is 1.87. The Labute approximate surface area is 155 Å². The van der Waals surface area contributed by atoms with E-state index in [1.807, 2.05) is 6.20 Å². The Kier molecular flexibility index (Phi) is 5.50. The molecule has 0 spiro atoms. The molecule has 26 heavy (non-hydrogen) atoms. The van der Waals surface area contributed by atoms with Gasteiger partial charge in [0.15, 0.2) is 0 Å². The van der Waals surface area contributed by atoms with Gasteiger partial charge in [-0.15, -0.1) is 0 Å². The molecule has 0 amide bonds. The van der Waals surface area contributed by atoms with Gasteiger partial charge in [-0.25, -0.2) is 17.7 Å². The summed E-state index contributed by atoms with van der Waals surface area (Å²) in [5, 5.41) is 0. The van der Waals surface area contributed by atoms with Crippen molar-refractivity contribution in [2.75, 3.05) is 33.1 Å². The molecule has 0 saturated carbocycles. The lowest BCUT2D eigenvalue weighted by atomic mass is 10.0. The standard InChI is InChI=1S/C19H27N3O3S/c1-14(2)15-5-7-16(8-6-15)19-20-9-10-22(19)18-12-25-11-17(18)13-26(23,24)21(3)4/h5-10,14,17-18H,11-13H2,1-4H3/t17-,18+/m0/s1. The van der Waals surface area contributed by atoms with Crippen molar-refractivity contribution in [2.24, 2.45) is 5.92 Å². The van der Waals surface area contributed by atoms with Crippen molar-refractivity contribution < 1.29 is 13.2 Å². The van der Waals surface area contributed by atoms with E-state index < -0.39 is 10.0 Å². The molecule has 0 N–H and O–H groups in total. The summed E-state index contributed by atoms with van der Waals surface area (Å²) in [6, 6.07) is 8.37. The molecule has 1 aromatic heterocycles. The minimum atomic E-state index is -3.28. The molecule has 2 atom stereocenters. The molecule has 0 radical (unpaired) electrons. The van der Waals surface area contributed by atoms with Gasteiger partial charge < -0.3 is 9.30 Å². The lowest BCUT2D eigenvalue weighted by Crippen LogP contribution is -2.32. The number of sulfonamides is 1. The van der Waals surface area contributed by atoms with Gasteiger partial charge in [-0.05, 0) is 11.5 Å². The molecular formula is C19H27N3O3S. The van der Waals surface area contributed by atoms with Crippen molar-refractivity contribution in [3.8, 4) is 11.4 Å². The molecule has 0 bridgehead atoms. The Morgan fingerprint density at radius 1 is 1.23 bits per heavy atom. The molecule has 0 aliphatic carbocycles. The lowest BCUT2D eigenvalue weighted by molar-refractivity contribution is 0.182. The highest BCUT2D eigenvalue weighted by atomic mass is 32.2. The van der Waals surface area contributed by atoms with Crippen LogP contribution in [0, 0.1) is 5.92 Å². The highest BCUT2D eigenvalue weighted by Crippen LogP contribution is 2.32. The molecule has 1 aliphatic rings. The highest BCUT2D eigenvalue weighted by Gasteiger charge is 2.35. The Hall–Kier alpha value is -1.70. The van der Waals surface area contributed by atoms with E-state index in [2.05, 4.69) is 47.7 Å². The molecule has 2 aromatic rings. The van der Waals surface area contributed by atoms with Crippen LogP contribution in [-0.4, -0.2) is 55.3 Å². The molecular weight excluding hydrogens is 350 g/mol. The van der Waals surface area contributed by atoms with Gasteiger partial charge in [0.05, 0.1) is 25.0 Å². The number of nitrogens with zero attached hydrogens (tertiary/aromatic N) is 3. The van der Waals surface area contributed by atoms with E-state index in [1.165, 1.54) is 9.87 Å². The van der Waals surface area contributed by atoms with Gasteiger partial charge in [0.2, 0.25) is 10.0 Å². The third kappa shape index (κ3) is 3.84. The Morgan fingerprint density at radius 3 is 2.54 bits per heavy atom. The molecule has 1 aromatic carbocycles. The maximum absolute atomic E-state index is 12.3. The third-order valence-electron chi connectivity index (χ3n) is 5.01. The molecule has 1 fully saturated rings. The Morgan fingerprint density at radius 2 is 1.92 bits per heavy atom. The van der Waals surface area contributed by atoms with Crippen molar-refractivity contribution in [3.63, 3.8) is 0 Å². The second kappa shape index (κ2) is 7.50. The number of imidazole rings is 1. The molecule has 0 unspecified atom stereocenters. The minimum absolute atomic E-state index is 0.0352. The van der Waals surface area contributed by atoms with Crippen LogP contribution in [0.1, 0.15) is 31.4 Å². The molecule has 142 valence electrons. The summed E-state index contributed by atoms with van der Waals surface area (Å²) < 4.78 is 33.6. The first-order valence-corrected chi connectivity index (χ1v) is 10.5. The van der Waals surface area contributed by atoms with Crippen molar-refractivity contribution in [3.05, 3.63) is 42.2 Å². The molecule has 1 saturated heterocycles. The molecule has 2 heterocycles. The molecule has 1 aliphatic heterocycles. The second-order valence-electron chi connectivity index (χ2n) is 7.36. The van der Waals surface area contributed by atoms with Crippen molar-refractivity contribution in [1.29, 1.82) is 0 Å². The van der Waals surface area contributed by atoms with E-state index in [-0.39, 0.29) is 17.7 Å². The quantitative estimate of drug-likeness (QED) is 0.776. The maximum Gasteiger partial charge on any atom is 0.214 e. The zero-order valence-corrected chi connectivity index (χ0v) is 16.6. The summed E-state index contributed by atoms with van der Waals surface area (Å²) in [7, 11) is -0.142. The average molecular weight is 378 g/mol. The lowest BCUT2D eigenvalue weighted by Gasteiger charge is -2.22. The Bertz CT molecular complexity index is 841. The van der Waals surface area contributed by atoms with Crippen molar-refractivity contribution in [2.45, 2.75) is 25.8 Å². The van der Waals surface area contributed by atoms with Crippen LogP contribution in [0.25, 0.3) is 11.4 Å². The summed E-state index contributed by atoms with van der Waals surface area (Å²) in [5.74, 6) is 1.31. The summed E-state index contributed by atoms with van der Waals surface area (Å²) in [4.78, 5) is 4.52. The minimum Gasteiger partial charge on any atom is -0.379 e. The number of ether oxygens (including phenoxy) is 1. The monoisotopic (exact) mass is 377 g/mol. The number of aromatic nitrogens is 2. The van der Waals surface area contributed by atoms with Crippen LogP contribution < -0.4 is 0 Å². The van der Waals surface area contributed by atoms with Crippen molar-refractivity contribution >= 4 is 10.0 Å². The zero-order valence-electron chi connectivity index (χ0n) is 15.8. The van der Waals surface area contributed by atoms with Gasteiger partial charge in [-0.3, -0.25) is 0 Å². The SMILES string of the molecule is CC(C)c1ccc(-c2nccn2[C@@H]2COC[C@H]2CS(=O)(=O)N(C)C)cc1. The fourth-order valence-electron chi connectivity index (χ4n) is 3.29. The third-order valence-corrected chi connectivity index (χ3v) is 6.97. The zero-order chi connectivity index (χ0) is 18.9. The summed E-state index contributed by atoms with van der Waals surface area (Å²) in [6.07, 6.45) is 3.68. The van der Waals surface area contributed by atoms with Gasteiger partial charge in [0.25, 0.3) is 0 Å². The van der Waals surface area contributed by atoms with E-state index in [0.717, 1.165) is 11.4 Å². The van der Waals surface area contributed by atoms with Crippen LogP contribution in [0.15, 0.2) is 36.7 Å². The van der Waals surface area contributed by atoms with Crippen LogP contribution in [0.3, 0.4) is 0 Å². The van der Waals surface area contributed by atoms with Gasteiger partial charge in [-0.2, -0.15) is 0 Å². The van der Waals surface area contributed by atoms with Gasteiger partial charge in [0.1, 0.15) is 5.82 Å². The molecule has 7 heteroatoms. The first kappa shape index (κ1) is 19.1. The number of benzene rings is 1. The first-order chi connectivity index (χ1) is 12.3. The predicted octanol–water partition coefficient (Wildman–Crippen LogP) is 2.75. The van der Waals surface area contributed by atoms with E-state index >= 15 is 0 Å². The van der Waals surface area contributed by atoms with Gasteiger partial charge >= 0.3 is 0 Å². The summed E-state index contributed by atoms with van der Waals surface area (Å²) in [6.45, 7) is 5.28. The second-order valence-corrected chi connectivity index (χ2v) is 9.59. The number of hydrogen-bond acceptors (Lipinski definition) is 4. The summed E-state index contributed by atoms with van der Waals surface area (Å²) >= 11 is 0. The maximum atomic E-state index is 12.3. The van der Waals surface area contributed by atoms with Crippen LogP contribution >= 0.6 is 0 Å². The average Bonchev–Trinajstić information content (AvgIpc) is 3.23. The van der Waals surface area contributed by atoms with Crippen LogP contribution in [0.5, 0.6) is 0 Å². The van der Waals surface area contributed by atoms with E-state index in [1.54, 1.807) is 20.3 Å². The number of hydrogen-bond donors (Lipinski definition) is 0. The van der Waals surface area contributed by atoms with E-state index in [9.17, 15) is 8.42 Å². The smallest absolute Gasteiger partial charge is 0.214 e. The van der Waals surface area contributed by atoms with E-state index in [0.29, 0.717) is 19.1 Å². The van der Waals surface area contributed by atoms with Gasteiger partial charge in [-0.1, -0.05) is 38.1 Å². The highest BCUT2D eigenvalue weighted by molar-refractivity contribution is 7.89. The van der Waals surface area contributed by atoms with Gasteiger partial charge in [0, 0.05) is 38.0 Å². The van der Waals surface area contributed by atoms with Crippen LogP contribution in [0.4, 0.5) is 0 Å². The number of rotatable bonds is 6. The fourth-order valence-corrected chi connectivity index (χ4v) is 4.45. The summed E-state index contributed by atoms with van der Waals surface area (Å²) in [5.41, 5.74) is 2.31. The normalized spacial score (nSPS) is 21.0. The predicted molar refractivity (Wildman–Crippen MR) is 103 cm³/mol. The first-order valence-electron chi connectivity index (χ1n) is 8.90. The van der Waals surface area contributed by atoms with Crippen LogP contribution in [-0.2, 0) is 14.8 Å². The fraction of sp³-hybridized carbons (Fsp3) is 0.526. The topological polar surface area (TPSA) is 64.4 Å². The molecule has 6 nitrogen and oxygen atoms in total.